The van der Waals surface area contributed by atoms with Crippen molar-refractivity contribution in [3.8, 4) is 11.5 Å². The van der Waals surface area contributed by atoms with E-state index in [1.807, 2.05) is 0 Å². The molecule has 0 saturated carbocycles. The molecule has 2 N–H and O–H groups in total. The number of benzene rings is 2. The predicted molar refractivity (Wildman–Crippen MR) is 82.8 cm³/mol. The molecule has 0 fully saturated rings. The van der Waals surface area contributed by atoms with Crippen LogP contribution < -0.4 is 10.2 Å². The number of nitrogens with one attached hydrogen (secondary N) is 1. The maximum atomic E-state index is 11.8. The summed E-state index contributed by atoms with van der Waals surface area (Å²) in [4.78, 5) is 21.8. The Hall–Kier alpha value is -3.42. The van der Waals surface area contributed by atoms with Crippen molar-refractivity contribution < 1.29 is 19.6 Å². The highest BCUT2D eigenvalue weighted by Crippen LogP contribution is 2.27. The third-order valence-corrected chi connectivity index (χ3v) is 2.96. The molecule has 0 aliphatic rings. The fourth-order valence-electron chi connectivity index (χ4n) is 1.77. The number of para-hydroxylation sites is 1. The second-order valence-electron chi connectivity index (χ2n) is 4.40. The Balaban J connectivity index is 2.05. The summed E-state index contributed by atoms with van der Waals surface area (Å²) in [6.45, 7) is 0. The molecule has 0 atom stereocenters. The highest BCUT2D eigenvalue weighted by molar-refractivity contribution is 5.95. The van der Waals surface area contributed by atoms with Crippen LogP contribution in [0.1, 0.15) is 15.9 Å². The zero-order valence-corrected chi connectivity index (χ0v) is 12.1. The molecular formula is C15H13N3O5. The van der Waals surface area contributed by atoms with Gasteiger partial charge in [-0.2, -0.15) is 5.10 Å². The number of nitrogens with zero attached hydrogens (tertiary/aromatic N) is 2. The van der Waals surface area contributed by atoms with Crippen LogP contribution >= 0.6 is 0 Å². The molecule has 0 aliphatic heterocycles. The number of amides is 1. The van der Waals surface area contributed by atoms with Gasteiger partial charge in [0.25, 0.3) is 11.6 Å². The van der Waals surface area contributed by atoms with E-state index < -0.39 is 10.8 Å². The summed E-state index contributed by atoms with van der Waals surface area (Å²) in [6, 6.07) is 9.95. The molecule has 0 aromatic heterocycles. The SMILES string of the molecule is COc1cccc(/C=N\NC(=O)c2ccc([N+](=O)[O-])cc2)c1O. The fraction of sp³-hybridized carbons (Fsp3) is 0.0667. The molecule has 2 rings (SSSR count). The number of aromatic hydroxyl groups is 1. The highest BCUT2D eigenvalue weighted by atomic mass is 16.6. The predicted octanol–water partition coefficient (Wildman–Crippen LogP) is 2.07. The molecule has 23 heavy (non-hydrogen) atoms. The van der Waals surface area contributed by atoms with E-state index in [1.165, 1.54) is 37.6 Å². The molecule has 2 aromatic carbocycles. The zero-order valence-electron chi connectivity index (χ0n) is 12.1. The van der Waals surface area contributed by atoms with Crippen molar-refractivity contribution in [2.45, 2.75) is 0 Å². The van der Waals surface area contributed by atoms with Crippen molar-refractivity contribution in [1.29, 1.82) is 0 Å². The summed E-state index contributed by atoms with van der Waals surface area (Å²) in [5, 5.41) is 24.1. The van der Waals surface area contributed by atoms with Crippen LogP contribution in [0.2, 0.25) is 0 Å². The first-order chi connectivity index (χ1) is 11.0. The van der Waals surface area contributed by atoms with Crippen LogP contribution in [0.5, 0.6) is 11.5 Å². The molecule has 2 aromatic rings. The van der Waals surface area contributed by atoms with Crippen molar-refractivity contribution in [2.75, 3.05) is 7.11 Å². The van der Waals surface area contributed by atoms with Gasteiger partial charge in [-0.25, -0.2) is 5.43 Å². The van der Waals surface area contributed by atoms with E-state index in [1.54, 1.807) is 18.2 Å². The van der Waals surface area contributed by atoms with Crippen LogP contribution in [0.3, 0.4) is 0 Å². The van der Waals surface area contributed by atoms with Gasteiger partial charge in [-0.15, -0.1) is 0 Å². The lowest BCUT2D eigenvalue weighted by molar-refractivity contribution is -0.384. The van der Waals surface area contributed by atoms with Gasteiger partial charge in [-0.3, -0.25) is 14.9 Å². The summed E-state index contributed by atoms with van der Waals surface area (Å²) < 4.78 is 4.96. The number of nitro benzene ring substituents is 1. The number of non-ortho nitro benzene ring substituents is 1. The van der Waals surface area contributed by atoms with Crippen LogP contribution in [0.4, 0.5) is 5.69 Å². The van der Waals surface area contributed by atoms with Crippen molar-refractivity contribution in [3.05, 3.63) is 63.7 Å². The summed E-state index contributed by atoms with van der Waals surface area (Å²) >= 11 is 0. The normalized spacial score (nSPS) is 10.5. The molecule has 118 valence electrons. The van der Waals surface area contributed by atoms with Gasteiger partial charge in [0.05, 0.1) is 18.2 Å². The number of hydrazone groups is 1. The minimum atomic E-state index is -0.550. The molecular weight excluding hydrogens is 302 g/mol. The van der Waals surface area contributed by atoms with E-state index in [2.05, 4.69) is 10.5 Å². The summed E-state index contributed by atoms with van der Waals surface area (Å²) in [7, 11) is 1.42. The van der Waals surface area contributed by atoms with Crippen molar-refractivity contribution in [2.24, 2.45) is 5.10 Å². The topological polar surface area (TPSA) is 114 Å². The number of methoxy groups -OCH3 is 1. The monoisotopic (exact) mass is 315 g/mol. The van der Waals surface area contributed by atoms with Crippen molar-refractivity contribution in [3.63, 3.8) is 0 Å². The second-order valence-corrected chi connectivity index (χ2v) is 4.40. The maximum Gasteiger partial charge on any atom is 0.271 e. The largest absolute Gasteiger partial charge is 0.504 e. The molecule has 1 amide bonds. The molecule has 0 spiro atoms. The quantitative estimate of drug-likeness (QED) is 0.498. The molecule has 0 heterocycles. The first-order valence-corrected chi connectivity index (χ1v) is 6.46. The van der Waals surface area contributed by atoms with Gasteiger partial charge >= 0.3 is 0 Å². The number of rotatable bonds is 5. The Bertz CT molecular complexity index is 756. The highest BCUT2D eigenvalue weighted by Gasteiger charge is 2.09. The van der Waals surface area contributed by atoms with Crippen LogP contribution in [0.25, 0.3) is 0 Å². The zero-order chi connectivity index (χ0) is 16.8. The van der Waals surface area contributed by atoms with E-state index in [4.69, 9.17) is 4.74 Å². The Labute approximate surface area is 131 Å². The van der Waals surface area contributed by atoms with E-state index in [0.29, 0.717) is 5.56 Å². The van der Waals surface area contributed by atoms with Crippen LogP contribution in [0.15, 0.2) is 47.6 Å². The molecule has 8 nitrogen and oxygen atoms in total. The first-order valence-electron chi connectivity index (χ1n) is 6.46. The van der Waals surface area contributed by atoms with Gasteiger partial charge in [0, 0.05) is 23.3 Å². The molecule has 0 saturated heterocycles. The lowest BCUT2D eigenvalue weighted by atomic mass is 10.2. The summed E-state index contributed by atoms with van der Waals surface area (Å²) in [5.41, 5.74) is 2.76. The van der Waals surface area contributed by atoms with Gasteiger partial charge in [0.2, 0.25) is 0 Å². The Kier molecular flexibility index (Phi) is 4.88. The fourth-order valence-corrected chi connectivity index (χ4v) is 1.77. The van der Waals surface area contributed by atoms with Crippen LogP contribution in [-0.2, 0) is 0 Å². The number of phenolic OH excluding ortho intramolecular Hbond substituents is 1. The second kappa shape index (κ2) is 7.03. The maximum absolute atomic E-state index is 11.8. The van der Waals surface area contributed by atoms with Crippen molar-refractivity contribution >= 4 is 17.8 Å². The Morgan fingerprint density at radius 1 is 1.30 bits per heavy atom. The molecule has 0 radical (unpaired) electrons. The van der Waals surface area contributed by atoms with E-state index in [0.717, 1.165) is 0 Å². The van der Waals surface area contributed by atoms with Gasteiger partial charge in [0.15, 0.2) is 11.5 Å². The molecule has 8 heteroatoms. The lowest BCUT2D eigenvalue weighted by Crippen LogP contribution is -2.17. The smallest absolute Gasteiger partial charge is 0.271 e. The standard InChI is InChI=1S/C15H13N3O5/c1-23-13-4-2-3-11(14(13)19)9-16-17-15(20)10-5-7-12(8-6-10)18(21)22/h2-9,19H,1H3,(H,17,20)/b16-9-. The molecule has 0 aliphatic carbocycles. The average Bonchev–Trinajstić information content (AvgIpc) is 2.56. The third kappa shape index (κ3) is 3.82. The minimum absolute atomic E-state index is 0.0941. The number of carbonyl (C=O) groups is 1. The van der Waals surface area contributed by atoms with Gasteiger partial charge in [-0.05, 0) is 24.3 Å². The number of phenols is 1. The number of ether oxygens (including phenoxy) is 1. The van der Waals surface area contributed by atoms with Crippen molar-refractivity contribution in [1.82, 2.24) is 5.43 Å². The first kappa shape index (κ1) is 16.0. The van der Waals surface area contributed by atoms with Gasteiger partial charge in [0.1, 0.15) is 0 Å². The summed E-state index contributed by atoms with van der Waals surface area (Å²) in [6.07, 6.45) is 1.27. The summed E-state index contributed by atoms with van der Waals surface area (Å²) in [5.74, 6) is -0.336. The van der Waals surface area contributed by atoms with E-state index >= 15 is 0 Å². The molecule has 0 bridgehead atoms. The van der Waals surface area contributed by atoms with Crippen LogP contribution in [0, 0.1) is 10.1 Å². The number of hydrogen-bond acceptors (Lipinski definition) is 6. The lowest BCUT2D eigenvalue weighted by Gasteiger charge is -2.05. The van der Waals surface area contributed by atoms with Crippen LogP contribution in [-0.4, -0.2) is 29.3 Å². The Morgan fingerprint density at radius 2 is 2.00 bits per heavy atom. The van der Waals surface area contributed by atoms with E-state index in [9.17, 15) is 20.0 Å². The average molecular weight is 315 g/mol. The number of carbonyl (C=O) groups excluding carboxylic acids is 1. The number of hydrogen-bond donors (Lipinski definition) is 2. The molecule has 0 unspecified atom stereocenters. The minimum Gasteiger partial charge on any atom is -0.504 e. The van der Waals surface area contributed by atoms with E-state index in [-0.39, 0.29) is 22.7 Å². The van der Waals surface area contributed by atoms with Gasteiger partial charge in [-0.1, -0.05) is 6.07 Å². The third-order valence-electron chi connectivity index (χ3n) is 2.96. The van der Waals surface area contributed by atoms with Gasteiger partial charge < -0.3 is 9.84 Å². The number of nitro groups is 1. The Morgan fingerprint density at radius 3 is 2.61 bits per heavy atom.